The van der Waals surface area contributed by atoms with Gasteiger partial charge in [0.05, 0.1) is 6.10 Å². The molecule has 1 aromatic heterocycles. The monoisotopic (exact) mass is 395 g/mol. The summed E-state index contributed by atoms with van der Waals surface area (Å²) in [6.45, 7) is 0.290. The van der Waals surface area contributed by atoms with Crippen molar-refractivity contribution < 1.29 is 24.2 Å². The molecule has 3 aromatic rings. The van der Waals surface area contributed by atoms with Crippen LogP contribution in [0.1, 0.15) is 17.2 Å². The number of hydrogen-bond donors (Lipinski definition) is 3. The Labute approximate surface area is 167 Å². The van der Waals surface area contributed by atoms with E-state index in [2.05, 4.69) is 10.6 Å². The summed E-state index contributed by atoms with van der Waals surface area (Å²) < 4.78 is 12.5. The lowest BCUT2D eigenvalue weighted by Gasteiger charge is -2.13. The quantitative estimate of drug-likeness (QED) is 0.567. The van der Waals surface area contributed by atoms with Crippen molar-refractivity contribution in [3.63, 3.8) is 0 Å². The van der Waals surface area contributed by atoms with Gasteiger partial charge < -0.3 is 29.8 Å². The molecule has 8 heteroatoms. The average Bonchev–Trinajstić information content (AvgIpc) is 3.35. The Morgan fingerprint density at radius 1 is 1.07 bits per heavy atom. The highest BCUT2D eigenvalue weighted by Crippen LogP contribution is 2.32. The summed E-state index contributed by atoms with van der Waals surface area (Å²) in [5.41, 5.74) is 2.50. The molecule has 1 aliphatic rings. The molecule has 1 atom stereocenters. The van der Waals surface area contributed by atoms with Crippen LogP contribution < -0.4 is 20.1 Å². The van der Waals surface area contributed by atoms with Crippen molar-refractivity contribution in [1.29, 1.82) is 0 Å². The van der Waals surface area contributed by atoms with E-state index in [9.17, 15) is 14.7 Å². The molecule has 0 unspecified atom stereocenters. The van der Waals surface area contributed by atoms with Gasteiger partial charge in [0.2, 0.25) is 6.79 Å². The molecule has 3 N–H and O–H groups in total. The number of benzene rings is 2. The second-order valence-corrected chi connectivity index (χ2v) is 6.84. The number of hydrogen-bond acceptors (Lipinski definition) is 5. The number of aliphatic hydroxyl groups is 1. The summed E-state index contributed by atoms with van der Waals surface area (Å²) in [6.07, 6.45) is 1.03. The first-order valence-electron chi connectivity index (χ1n) is 9.19. The van der Waals surface area contributed by atoms with Crippen molar-refractivity contribution in [1.82, 2.24) is 15.2 Å². The van der Waals surface area contributed by atoms with Gasteiger partial charge in [-0.25, -0.2) is 0 Å². The van der Waals surface area contributed by atoms with E-state index in [4.69, 9.17) is 9.47 Å². The fraction of sp³-hybridized carbons (Fsp3) is 0.238. The number of fused-ring (bicyclic) bond motifs is 2. The molecule has 0 saturated carbocycles. The zero-order chi connectivity index (χ0) is 20.4. The fourth-order valence-electron chi connectivity index (χ4n) is 3.21. The predicted octanol–water partition coefficient (Wildman–Crippen LogP) is 1.37. The molecule has 29 heavy (non-hydrogen) atoms. The summed E-state index contributed by atoms with van der Waals surface area (Å²) in [6, 6.07) is 12.8. The highest BCUT2D eigenvalue weighted by molar-refractivity contribution is 6.35. The lowest BCUT2D eigenvalue weighted by Crippen LogP contribution is -2.41. The molecule has 2 heterocycles. The van der Waals surface area contributed by atoms with Gasteiger partial charge in [0.15, 0.2) is 11.5 Å². The number of ether oxygens (including phenoxy) is 2. The van der Waals surface area contributed by atoms with Crippen LogP contribution in [0, 0.1) is 0 Å². The predicted molar refractivity (Wildman–Crippen MR) is 105 cm³/mol. The van der Waals surface area contributed by atoms with Crippen molar-refractivity contribution in [2.45, 2.75) is 12.6 Å². The number of aliphatic hydroxyl groups excluding tert-OH is 1. The Bertz CT molecular complexity index is 1080. The van der Waals surface area contributed by atoms with Gasteiger partial charge in [0.25, 0.3) is 0 Å². The molecule has 2 amide bonds. The zero-order valence-electron chi connectivity index (χ0n) is 15.8. The minimum Gasteiger partial charge on any atom is -0.454 e. The maximum absolute atomic E-state index is 12.0. The number of nitrogens with one attached hydrogen (secondary N) is 2. The van der Waals surface area contributed by atoms with E-state index in [-0.39, 0.29) is 19.9 Å². The van der Waals surface area contributed by atoms with Gasteiger partial charge in [-0.15, -0.1) is 0 Å². The van der Waals surface area contributed by atoms with E-state index in [1.807, 2.05) is 36.0 Å². The number of nitrogens with zero attached hydrogens (tertiary/aromatic N) is 1. The summed E-state index contributed by atoms with van der Waals surface area (Å²) in [5.74, 6) is -0.306. The first-order valence-corrected chi connectivity index (χ1v) is 9.19. The van der Waals surface area contributed by atoms with Crippen LogP contribution in [0.4, 0.5) is 0 Å². The van der Waals surface area contributed by atoms with Crippen molar-refractivity contribution in [3.05, 3.63) is 59.8 Å². The highest BCUT2D eigenvalue weighted by Gasteiger charge is 2.17. The van der Waals surface area contributed by atoms with Crippen LogP contribution >= 0.6 is 0 Å². The van der Waals surface area contributed by atoms with Gasteiger partial charge in [-0.3, -0.25) is 9.59 Å². The number of aromatic nitrogens is 1. The van der Waals surface area contributed by atoms with Crippen LogP contribution in [-0.2, 0) is 23.2 Å². The third-order valence-electron chi connectivity index (χ3n) is 4.85. The molecule has 4 rings (SSSR count). The molecule has 0 bridgehead atoms. The third kappa shape index (κ3) is 4.02. The summed E-state index contributed by atoms with van der Waals surface area (Å²) in [7, 11) is 1.95. The number of amides is 2. The topological polar surface area (TPSA) is 102 Å². The van der Waals surface area contributed by atoms with Gasteiger partial charge in [-0.1, -0.05) is 12.1 Å². The number of carbonyl (C=O) groups is 2. The second kappa shape index (κ2) is 7.84. The molecular weight excluding hydrogens is 374 g/mol. The largest absolute Gasteiger partial charge is 0.454 e. The number of carbonyl (C=O) groups excluding carboxylic acids is 2. The van der Waals surface area contributed by atoms with Gasteiger partial charge in [-0.2, -0.15) is 0 Å². The lowest BCUT2D eigenvalue weighted by molar-refractivity contribution is -0.139. The van der Waals surface area contributed by atoms with Crippen LogP contribution in [0.2, 0.25) is 0 Å². The van der Waals surface area contributed by atoms with E-state index in [0.29, 0.717) is 17.1 Å². The normalized spacial score (nSPS) is 13.3. The molecule has 8 nitrogen and oxygen atoms in total. The molecule has 150 valence electrons. The number of rotatable bonds is 5. The SMILES string of the molecule is Cn1ccc2cc([C@@H](O)CNC(=O)C(=O)NCc3ccc4c(c3)OCO4)ccc21. The summed E-state index contributed by atoms with van der Waals surface area (Å²) in [5, 5.41) is 16.3. The zero-order valence-corrected chi connectivity index (χ0v) is 15.8. The van der Waals surface area contributed by atoms with E-state index in [1.54, 1.807) is 24.3 Å². The first kappa shape index (κ1) is 18.8. The van der Waals surface area contributed by atoms with Crippen LogP contribution in [-0.4, -0.2) is 34.8 Å². The van der Waals surface area contributed by atoms with Gasteiger partial charge in [0.1, 0.15) is 0 Å². The Morgan fingerprint density at radius 3 is 2.72 bits per heavy atom. The fourth-order valence-corrected chi connectivity index (χ4v) is 3.21. The van der Waals surface area contributed by atoms with Crippen LogP contribution in [0.3, 0.4) is 0 Å². The minimum absolute atomic E-state index is 0.0609. The summed E-state index contributed by atoms with van der Waals surface area (Å²) >= 11 is 0. The van der Waals surface area contributed by atoms with E-state index in [1.165, 1.54) is 0 Å². The van der Waals surface area contributed by atoms with Gasteiger partial charge in [0, 0.05) is 31.9 Å². The average molecular weight is 395 g/mol. The third-order valence-corrected chi connectivity index (χ3v) is 4.85. The lowest BCUT2D eigenvalue weighted by atomic mass is 10.1. The van der Waals surface area contributed by atoms with E-state index in [0.717, 1.165) is 16.5 Å². The first-order chi connectivity index (χ1) is 14.0. The van der Waals surface area contributed by atoms with Crippen molar-refractivity contribution in [2.24, 2.45) is 7.05 Å². The van der Waals surface area contributed by atoms with E-state index >= 15 is 0 Å². The molecular formula is C21H21N3O5. The maximum Gasteiger partial charge on any atom is 0.309 e. The van der Waals surface area contributed by atoms with Gasteiger partial charge in [-0.05, 0) is 46.8 Å². The maximum atomic E-state index is 12.0. The molecule has 0 fully saturated rings. The number of aryl methyl sites for hydroxylation is 1. The van der Waals surface area contributed by atoms with E-state index < -0.39 is 17.9 Å². The van der Waals surface area contributed by atoms with Crippen molar-refractivity contribution in [3.8, 4) is 11.5 Å². The Hall–Kier alpha value is -3.52. The smallest absolute Gasteiger partial charge is 0.309 e. The second-order valence-electron chi connectivity index (χ2n) is 6.84. The van der Waals surface area contributed by atoms with Crippen LogP contribution in [0.5, 0.6) is 11.5 Å². The molecule has 0 aliphatic carbocycles. The molecule has 0 saturated heterocycles. The standard InChI is InChI=1S/C21H21N3O5/c1-24-7-6-14-9-15(3-4-16(14)24)17(25)11-23-21(27)20(26)22-10-13-2-5-18-19(8-13)29-12-28-18/h2-9,17,25H,10-12H2,1H3,(H,22,26)(H,23,27)/t17-/m0/s1. The molecule has 1 aliphatic heterocycles. The summed E-state index contributed by atoms with van der Waals surface area (Å²) in [4.78, 5) is 24.0. The highest BCUT2D eigenvalue weighted by atomic mass is 16.7. The van der Waals surface area contributed by atoms with Crippen molar-refractivity contribution >= 4 is 22.7 Å². The Kier molecular flexibility index (Phi) is 5.09. The molecule has 0 radical (unpaired) electrons. The minimum atomic E-state index is -0.912. The molecule has 0 spiro atoms. The van der Waals surface area contributed by atoms with Crippen LogP contribution in [0.15, 0.2) is 48.7 Å². The molecule has 2 aromatic carbocycles. The Morgan fingerprint density at radius 2 is 1.86 bits per heavy atom. The Balaban J connectivity index is 1.28. The van der Waals surface area contributed by atoms with Gasteiger partial charge >= 0.3 is 11.8 Å². The van der Waals surface area contributed by atoms with Crippen molar-refractivity contribution in [2.75, 3.05) is 13.3 Å². The van der Waals surface area contributed by atoms with Crippen LogP contribution in [0.25, 0.3) is 10.9 Å².